The van der Waals surface area contributed by atoms with Gasteiger partial charge in [-0.1, -0.05) is 24.4 Å². The topological polar surface area (TPSA) is 62.5 Å². The van der Waals surface area contributed by atoms with Crippen molar-refractivity contribution < 1.29 is 14.7 Å². The monoisotopic (exact) mass is 310 g/mol. The number of carbonyl (C=O) groups excluding carboxylic acids is 1. The maximum atomic E-state index is 12.8. The van der Waals surface area contributed by atoms with Gasteiger partial charge in [0, 0.05) is 19.3 Å². The van der Waals surface area contributed by atoms with Crippen LogP contribution in [0.25, 0.3) is 0 Å². The molecule has 1 aliphatic carbocycles. The van der Waals surface area contributed by atoms with Crippen molar-refractivity contribution in [2.75, 3.05) is 0 Å². The van der Waals surface area contributed by atoms with Crippen LogP contribution >= 0.6 is 11.6 Å². The lowest BCUT2D eigenvalue weighted by atomic mass is 9.84. The van der Waals surface area contributed by atoms with E-state index in [1.807, 2.05) is 0 Å². The molecule has 5 nitrogen and oxygen atoms in total. The number of hydrogen-bond donors (Lipinski definition) is 1. The molecule has 1 aromatic rings. The molecule has 0 spiro atoms. The Hall–Kier alpha value is -1.49. The van der Waals surface area contributed by atoms with Crippen LogP contribution in [0.15, 0.2) is 12.3 Å². The van der Waals surface area contributed by atoms with Crippen molar-refractivity contribution in [2.24, 2.45) is 13.0 Å². The van der Waals surface area contributed by atoms with Gasteiger partial charge < -0.3 is 14.6 Å². The third kappa shape index (κ3) is 2.44. The highest BCUT2D eigenvalue weighted by atomic mass is 35.5. The molecule has 2 heterocycles. The Labute approximate surface area is 128 Å². The summed E-state index contributed by atoms with van der Waals surface area (Å²) in [6, 6.07) is 0.958. The van der Waals surface area contributed by atoms with E-state index < -0.39 is 12.0 Å². The first-order chi connectivity index (χ1) is 9.99. The second-order valence-corrected chi connectivity index (χ2v) is 6.50. The fraction of sp³-hybridized carbons (Fsp3) is 0.600. The van der Waals surface area contributed by atoms with Crippen LogP contribution in [0.3, 0.4) is 0 Å². The van der Waals surface area contributed by atoms with E-state index in [1.54, 1.807) is 28.8 Å². The lowest BCUT2D eigenvalue weighted by Gasteiger charge is -2.33. The van der Waals surface area contributed by atoms with Crippen LogP contribution in [-0.4, -0.2) is 38.5 Å². The molecule has 0 unspecified atom stereocenters. The van der Waals surface area contributed by atoms with Crippen LogP contribution in [0, 0.1) is 5.92 Å². The van der Waals surface area contributed by atoms with Crippen molar-refractivity contribution in [1.82, 2.24) is 9.47 Å². The van der Waals surface area contributed by atoms with Crippen molar-refractivity contribution in [1.29, 1.82) is 0 Å². The van der Waals surface area contributed by atoms with Crippen molar-refractivity contribution >= 4 is 23.5 Å². The molecule has 6 heteroatoms. The number of carboxylic acid groups (broad SMARTS) is 1. The molecule has 1 N–H and O–H groups in total. The van der Waals surface area contributed by atoms with Crippen molar-refractivity contribution in [2.45, 2.75) is 44.2 Å². The maximum absolute atomic E-state index is 12.8. The summed E-state index contributed by atoms with van der Waals surface area (Å²) in [6.45, 7) is 0. The first kappa shape index (κ1) is 14.4. The largest absolute Gasteiger partial charge is 0.480 e. The molecule has 2 fully saturated rings. The Morgan fingerprint density at radius 2 is 2.05 bits per heavy atom. The Morgan fingerprint density at radius 3 is 2.67 bits per heavy atom. The van der Waals surface area contributed by atoms with Crippen LogP contribution in [0.4, 0.5) is 0 Å². The number of carboxylic acids is 1. The first-order valence-corrected chi connectivity index (χ1v) is 7.74. The van der Waals surface area contributed by atoms with Gasteiger partial charge >= 0.3 is 5.97 Å². The van der Waals surface area contributed by atoms with E-state index in [0.717, 1.165) is 25.7 Å². The first-order valence-electron chi connectivity index (χ1n) is 7.36. The number of halogens is 1. The molecule has 2 aliphatic rings. The third-order valence-corrected chi connectivity index (χ3v) is 5.01. The van der Waals surface area contributed by atoms with Gasteiger partial charge in [0.15, 0.2) is 0 Å². The number of aliphatic carboxylic acids is 1. The predicted octanol–water partition coefficient (Wildman–Crippen LogP) is 2.54. The molecule has 1 saturated heterocycles. The number of nitrogens with zero attached hydrogens (tertiary/aromatic N) is 2. The summed E-state index contributed by atoms with van der Waals surface area (Å²) < 4.78 is 1.67. The molecule has 21 heavy (non-hydrogen) atoms. The van der Waals surface area contributed by atoms with Crippen molar-refractivity contribution in [3.63, 3.8) is 0 Å². The van der Waals surface area contributed by atoms with Gasteiger partial charge in [0.2, 0.25) is 0 Å². The lowest BCUT2D eigenvalue weighted by molar-refractivity contribution is -0.141. The Balaban J connectivity index is 1.94. The van der Waals surface area contributed by atoms with Gasteiger partial charge in [0.05, 0.1) is 5.02 Å². The van der Waals surface area contributed by atoms with Gasteiger partial charge in [-0.05, 0) is 31.2 Å². The van der Waals surface area contributed by atoms with Gasteiger partial charge in [0.25, 0.3) is 5.91 Å². The summed E-state index contributed by atoms with van der Waals surface area (Å²) in [4.78, 5) is 26.0. The summed E-state index contributed by atoms with van der Waals surface area (Å²) in [5.74, 6) is -0.802. The van der Waals surface area contributed by atoms with Crippen LogP contribution in [0.5, 0.6) is 0 Å². The number of aromatic nitrogens is 1. The van der Waals surface area contributed by atoms with Crippen LogP contribution < -0.4 is 0 Å². The number of aryl methyl sites for hydroxylation is 1. The number of rotatable bonds is 2. The third-order valence-electron chi connectivity index (χ3n) is 4.80. The van der Waals surface area contributed by atoms with Gasteiger partial charge in [-0.15, -0.1) is 0 Å². The van der Waals surface area contributed by atoms with Gasteiger partial charge in [-0.25, -0.2) is 4.79 Å². The molecule has 0 aromatic carbocycles. The quantitative estimate of drug-likeness (QED) is 0.913. The predicted molar refractivity (Wildman–Crippen MR) is 78.4 cm³/mol. The minimum atomic E-state index is -0.905. The fourth-order valence-electron chi connectivity index (χ4n) is 3.84. The average molecular weight is 311 g/mol. The average Bonchev–Trinajstić information content (AvgIpc) is 2.98. The van der Waals surface area contributed by atoms with E-state index in [1.165, 1.54) is 0 Å². The molecule has 1 aromatic heterocycles. The summed E-state index contributed by atoms with van der Waals surface area (Å²) in [5.41, 5.74) is 0.456. The van der Waals surface area contributed by atoms with Crippen molar-refractivity contribution in [3.8, 4) is 0 Å². The number of carbonyl (C=O) groups is 2. The Kier molecular flexibility index (Phi) is 3.69. The van der Waals surface area contributed by atoms with E-state index in [4.69, 9.17) is 11.6 Å². The van der Waals surface area contributed by atoms with Gasteiger partial charge in [0.1, 0.15) is 11.7 Å². The highest BCUT2D eigenvalue weighted by Gasteiger charge is 2.48. The summed E-state index contributed by atoms with van der Waals surface area (Å²) in [6.07, 6.45) is 6.35. The number of amides is 1. The molecule has 1 saturated carbocycles. The number of fused-ring (bicyclic) bond motifs is 1. The van der Waals surface area contributed by atoms with Crippen LogP contribution in [-0.2, 0) is 11.8 Å². The second-order valence-electron chi connectivity index (χ2n) is 6.07. The van der Waals surface area contributed by atoms with E-state index in [0.29, 0.717) is 23.1 Å². The Bertz CT molecular complexity index is 583. The minimum absolute atomic E-state index is 0.0565. The molecule has 3 atom stereocenters. The molecule has 0 bridgehead atoms. The second kappa shape index (κ2) is 5.37. The Morgan fingerprint density at radius 1 is 1.33 bits per heavy atom. The zero-order valence-electron chi connectivity index (χ0n) is 12.0. The summed E-state index contributed by atoms with van der Waals surface area (Å²) in [5, 5.41) is 9.97. The molecule has 0 radical (unpaired) electrons. The molecular weight excluding hydrogens is 292 g/mol. The van der Waals surface area contributed by atoms with Gasteiger partial charge in [-0.2, -0.15) is 0 Å². The van der Waals surface area contributed by atoms with E-state index in [-0.39, 0.29) is 11.9 Å². The SMILES string of the molecule is Cn1cc(Cl)cc1C(=O)N1[C@@H]2CCCC[C@H]2C[C@H]1C(=O)O. The smallest absolute Gasteiger partial charge is 0.326 e. The van der Waals surface area contributed by atoms with Crippen LogP contribution in [0.1, 0.15) is 42.6 Å². The number of hydrogen-bond acceptors (Lipinski definition) is 2. The molecule has 114 valence electrons. The molecule has 1 amide bonds. The van der Waals surface area contributed by atoms with E-state index >= 15 is 0 Å². The highest BCUT2D eigenvalue weighted by molar-refractivity contribution is 6.31. The molecular formula is C15H19ClN2O3. The lowest BCUT2D eigenvalue weighted by Crippen LogP contribution is -2.46. The minimum Gasteiger partial charge on any atom is -0.480 e. The van der Waals surface area contributed by atoms with Crippen LogP contribution in [0.2, 0.25) is 5.02 Å². The van der Waals surface area contributed by atoms with E-state index in [2.05, 4.69) is 0 Å². The zero-order valence-corrected chi connectivity index (χ0v) is 12.7. The van der Waals surface area contributed by atoms with E-state index in [9.17, 15) is 14.7 Å². The fourth-order valence-corrected chi connectivity index (χ4v) is 4.09. The summed E-state index contributed by atoms with van der Waals surface area (Å²) in [7, 11) is 1.75. The zero-order chi connectivity index (χ0) is 15.1. The molecule has 3 rings (SSSR count). The molecule has 1 aliphatic heterocycles. The normalized spacial score (nSPS) is 28.5. The standard InChI is InChI=1S/C15H19ClN2O3/c1-17-8-10(16)7-12(17)14(19)18-11-5-3-2-4-9(11)6-13(18)15(20)21/h7-9,11,13H,2-6H2,1H3,(H,20,21)/t9-,11+,13-/m0/s1. The summed E-state index contributed by atoms with van der Waals surface area (Å²) >= 11 is 5.94. The maximum Gasteiger partial charge on any atom is 0.326 e. The van der Waals surface area contributed by atoms with Gasteiger partial charge in [-0.3, -0.25) is 4.79 Å². The number of likely N-dealkylation sites (tertiary alicyclic amines) is 1. The van der Waals surface area contributed by atoms with Crippen molar-refractivity contribution in [3.05, 3.63) is 23.0 Å². The highest BCUT2D eigenvalue weighted by Crippen LogP contribution is 2.40.